The van der Waals surface area contributed by atoms with E-state index in [1.54, 1.807) is 25.1 Å². The standard InChI is InChI=1S/C12H12BF2N3O/c1-16(2)9-5-7-18-11(8-9)12(19)10-4-3-6-17(10)13(18,14)15/h3-8H,1-2H3. The number of anilines is 1. The molecule has 0 saturated carbocycles. The zero-order chi connectivity index (χ0) is 13.8. The summed E-state index contributed by atoms with van der Waals surface area (Å²) in [6, 6.07) is 5.95. The van der Waals surface area contributed by atoms with Crippen molar-refractivity contribution in [1.29, 1.82) is 0 Å². The van der Waals surface area contributed by atoms with Crippen LogP contribution in [0.4, 0.5) is 14.3 Å². The lowest BCUT2D eigenvalue weighted by Crippen LogP contribution is -2.69. The lowest BCUT2D eigenvalue weighted by Gasteiger charge is -2.28. The van der Waals surface area contributed by atoms with E-state index >= 15 is 0 Å². The molecule has 0 unspecified atom stereocenters. The molecule has 3 heterocycles. The zero-order valence-corrected chi connectivity index (χ0v) is 10.5. The molecule has 2 aromatic heterocycles. The highest BCUT2D eigenvalue weighted by Crippen LogP contribution is 2.23. The van der Waals surface area contributed by atoms with Gasteiger partial charge in [0, 0.05) is 31.9 Å². The van der Waals surface area contributed by atoms with Gasteiger partial charge in [-0.05, 0) is 18.3 Å². The van der Waals surface area contributed by atoms with Gasteiger partial charge < -0.3 is 22.5 Å². The molecule has 2 aromatic rings. The second kappa shape index (κ2) is 3.66. The van der Waals surface area contributed by atoms with Crippen LogP contribution in [0.25, 0.3) is 0 Å². The highest BCUT2D eigenvalue weighted by atomic mass is 19.2. The van der Waals surface area contributed by atoms with Crippen molar-refractivity contribution >= 4 is 18.4 Å². The molecule has 0 saturated heterocycles. The monoisotopic (exact) mass is 263 g/mol. The third-order valence-corrected chi connectivity index (χ3v) is 3.40. The van der Waals surface area contributed by atoms with Crippen LogP contribution in [0.1, 0.15) is 16.2 Å². The van der Waals surface area contributed by atoms with Crippen molar-refractivity contribution in [2.75, 3.05) is 19.0 Å². The number of aromatic nitrogens is 2. The van der Waals surface area contributed by atoms with Crippen LogP contribution >= 0.6 is 0 Å². The van der Waals surface area contributed by atoms with E-state index in [0.29, 0.717) is 5.69 Å². The summed E-state index contributed by atoms with van der Waals surface area (Å²) < 4.78 is 30.2. The van der Waals surface area contributed by atoms with E-state index in [1.165, 1.54) is 30.6 Å². The van der Waals surface area contributed by atoms with Gasteiger partial charge in [-0.2, -0.15) is 0 Å². The molecule has 98 valence electrons. The lowest BCUT2D eigenvalue weighted by atomic mass is 9.89. The Hall–Kier alpha value is -2.18. The van der Waals surface area contributed by atoms with Gasteiger partial charge in [0.05, 0.1) is 5.69 Å². The molecule has 0 atom stereocenters. The highest BCUT2D eigenvalue weighted by molar-refractivity contribution is 6.56. The first-order chi connectivity index (χ1) is 8.93. The number of pyridine rings is 1. The molecule has 0 amide bonds. The molecule has 19 heavy (non-hydrogen) atoms. The number of carbonyl (C=O) groups excluding carboxylic acids is 1. The summed E-state index contributed by atoms with van der Waals surface area (Å²) in [7, 11) is 3.59. The Kier molecular flexibility index (Phi) is 2.29. The Morgan fingerprint density at radius 3 is 2.74 bits per heavy atom. The number of rotatable bonds is 1. The Labute approximate surface area is 108 Å². The molecule has 0 N–H and O–H groups in total. The minimum absolute atomic E-state index is 0.0161. The van der Waals surface area contributed by atoms with Gasteiger partial charge in [0.2, 0.25) is 5.69 Å². The van der Waals surface area contributed by atoms with Crippen molar-refractivity contribution in [2.24, 2.45) is 0 Å². The fourth-order valence-corrected chi connectivity index (χ4v) is 2.35. The van der Waals surface area contributed by atoms with Crippen molar-refractivity contribution in [3.8, 4) is 0 Å². The summed E-state index contributed by atoms with van der Waals surface area (Å²) in [6.07, 6.45) is 2.51. The van der Waals surface area contributed by atoms with E-state index in [0.717, 1.165) is 8.96 Å². The number of halogens is 2. The normalized spacial score (nSPS) is 15.9. The van der Waals surface area contributed by atoms with Crippen LogP contribution in [0.2, 0.25) is 0 Å². The van der Waals surface area contributed by atoms with E-state index in [-0.39, 0.29) is 17.2 Å². The number of carbonyl (C=O) groups is 1. The molecule has 3 rings (SSSR count). The van der Waals surface area contributed by atoms with Gasteiger partial charge in [0.1, 0.15) is 6.20 Å². The topological polar surface area (TPSA) is 29.1 Å². The van der Waals surface area contributed by atoms with Crippen molar-refractivity contribution < 1.29 is 17.9 Å². The van der Waals surface area contributed by atoms with Gasteiger partial charge in [-0.1, -0.05) is 0 Å². The maximum absolute atomic E-state index is 14.4. The Morgan fingerprint density at radius 1 is 1.32 bits per heavy atom. The van der Waals surface area contributed by atoms with Crippen molar-refractivity contribution in [3.05, 3.63) is 48.0 Å². The molecule has 0 spiro atoms. The number of fused-ring (bicyclic) bond motifs is 2. The van der Waals surface area contributed by atoms with Crippen LogP contribution in [-0.2, 0) is 0 Å². The minimum Gasteiger partial charge on any atom is -0.393 e. The first kappa shape index (κ1) is 11.9. The number of nitrogens with zero attached hydrogens (tertiary/aromatic N) is 3. The predicted molar refractivity (Wildman–Crippen MR) is 67.6 cm³/mol. The van der Waals surface area contributed by atoms with E-state index < -0.39 is 6.97 Å². The Bertz CT molecular complexity index is 681. The molecule has 0 aliphatic carbocycles. The first-order valence-corrected chi connectivity index (χ1v) is 5.89. The summed E-state index contributed by atoms with van der Waals surface area (Å²) >= 11 is 0. The van der Waals surface area contributed by atoms with E-state index in [4.69, 9.17) is 0 Å². The molecule has 0 radical (unpaired) electrons. The van der Waals surface area contributed by atoms with Gasteiger partial charge in [0.25, 0.3) is 5.78 Å². The molecular formula is C12H12BF2N3O. The van der Waals surface area contributed by atoms with E-state index in [1.807, 2.05) is 0 Å². The maximum atomic E-state index is 14.4. The minimum atomic E-state index is -4.00. The Morgan fingerprint density at radius 2 is 2.05 bits per heavy atom. The van der Waals surface area contributed by atoms with E-state index in [2.05, 4.69) is 0 Å². The smallest absolute Gasteiger partial charge is 0.393 e. The fraction of sp³-hybridized carbons (Fsp3) is 0.167. The molecular weight excluding hydrogens is 251 g/mol. The predicted octanol–water partition coefficient (Wildman–Crippen LogP) is 1.16. The fourth-order valence-electron chi connectivity index (χ4n) is 2.35. The second-order valence-electron chi connectivity index (χ2n) is 4.79. The van der Waals surface area contributed by atoms with Crippen LogP contribution < -0.4 is 9.38 Å². The highest BCUT2D eigenvalue weighted by Gasteiger charge is 2.50. The molecule has 7 heteroatoms. The van der Waals surface area contributed by atoms with E-state index in [9.17, 15) is 13.4 Å². The quantitative estimate of drug-likeness (QED) is 0.722. The van der Waals surface area contributed by atoms with Gasteiger partial charge >= 0.3 is 6.97 Å². The van der Waals surface area contributed by atoms with Crippen LogP contribution in [0.3, 0.4) is 0 Å². The Balaban J connectivity index is 2.27. The van der Waals surface area contributed by atoms with Crippen LogP contribution in [0, 0.1) is 0 Å². The summed E-state index contributed by atoms with van der Waals surface area (Å²) in [4.78, 5) is 14.0. The largest absolute Gasteiger partial charge is 0.737 e. The lowest BCUT2D eigenvalue weighted by molar-refractivity contribution is -0.572. The average molecular weight is 263 g/mol. The third-order valence-electron chi connectivity index (χ3n) is 3.40. The zero-order valence-electron chi connectivity index (χ0n) is 10.5. The first-order valence-electron chi connectivity index (χ1n) is 5.89. The second-order valence-corrected chi connectivity index (χ2v) is 4.79. The average Bonchev–Trinajstić information content (AvgIpc) is 2.86. The van der Waals surface area contributed by atoms with Gasteiger partial charge in [0.15, 0.2) is 0 Å². The number of hydrogen-bond donors (Lipinski definition) is 0. The molecule has 0 bridgehead atoms. The van der Waals surface area contributed by atoms with Crippen molar-refractivity contribution in [2.45, 2.75) is 0 Å². The molecule has 1 aliphatic rings. The van der Waals surface area contributed by atoms with Gasteiger partial charge in [-0.15, -0.1) is 0 Å². The summed E-state index contributed by atoms with van der Waals surface area (Å²) in [5.74, 6) is -0.387. The van der Waals surface area contributed by atoms with Crippen molar-refractivity contribution in [3.63, 3.8) is 0 Å². The van der Waals surface area contributed by atoms with Crippen molar-refractivity contribution in [1.82, 2.24) is 4.48 Å². The number of ketones is 1. The summed E-state index contributed by atoms with van der Waals surface area (Å²) in [5, 5.41) is 0. The molecule has 1 aliphatic heterocycles. The third kappa shape index (κ3) is 1.51. The van der Waals surface area contributed by atoms with Gasteiger partial charge in [-0.25, -0.2) is 0 Å². The van der Waals surface area contributed by atoms with Crippen LogP contribution in [0.15, 0.2) is 36.7 Å². The van der Waals surface area contributed by atoms with Gasteiger partial charge in [-0.3, -0.25) is 4.79 Å². The van der Waals surface area contributed by atoms with Crippen LogP contribution in [0.5, 0.6) is 0 Å². The van der Waals surface area contributed by atoms with Crippen LogP contribution in [-0.4, -0.2) is 31.3 Å². The molecule has 4 nitrogen and oxygen atoms in total. The maximum Gasteiger partial charge on any atom is 0.737 e. The summed E-state index contributed by atoms with van der Waals surface area (Å²) in [6.45, 7) is -4.00. The summed E-state index contributed by atoms with van der Waals surface area (Å²) in [5.41, 5.74) is 0.759. The molecule has 0 fully saturated rings. The SMILES string of the molecule is CN(C)c1cc[n+]2c(c1)C(=O)c1cccn1[B-]2(F)F. The molecule has 0 aromatic carbocycles. The number of hydrogen-bond acceptors (Lipinski definition) is 2.